The molecule has 6 nitrogen and oxygen atoms in total. The second kappa shape index (κ2) is 5.42. The summed E-state index contributed by atoms with van der Waals surface area (Å²) in [7, 11) is 0. The van der Waals surface area contributed by atoms with Gasteiger partial charge in [-0.25, -0.2) is 4.98 Å². The summed E-state index contributed by atoms with van der Waals surface area (Å²) < 4.78 is 4.33. The molecule has 0 saturated heterocycles. The van der Waals surface area contributed by atoms with E-state index < -0.39 is 0 Å². The van der Waals surface area contributed by atoms with Crippen molar-refractivity contribution >= 4 is 11.3 Å². The Balaban J connectivity index is 1.50. The molecule has 0 atom stereocenters. The summed E-state index contributed by atoms with van der Waals surface area (Å²) in [5.74, 6) is 1.09. The zero-order chi connectivity index (χ0) is 14.1. The Kier molecular flexibility index (Phi) is 3.28. The monoisotopic (exact) mass is 300 g/mol. The highest BCUT2D eigenvalue weighted by Crippen LogP contribution is 2.17. The molecule has 0 fully saturated rings. The molecule has 108 valence electrons. The molecule has 4 rings (SSSR count). The fourth-order valence-corrected chi connectivity index (χ4v) is 3.39. The molecule has 0 aliphatic carbocycles. The Morgan fingerprint density at radius 2 is 2.24 bits per heavy atom. The fraction of sp³-hybridized carbons (Fsp3) is 0.357. The topological polar surface area (TPSA) is 51.8 Å². The van der Waals surface area contributed by atoms with E-state index in [0.29, 0.717) is 0 Å². The average molecular weight is 300 g/mol. The van der Waals surface area contributed by atoms with E-state index in [0.717, 1.165) is 43.6 Å². The predicted molar refractivity (Wildman–Crippen MR) is 80.4 cm³/mol. The molecule has 3 aromatic heterocycles. The first kappa shape index (κ1) is 12.7. The van der Waals surface area contributed by atoms with Gasteiger partial charge in [-0.15, -0.1) is 21.5 Å². The number of aromatic nitrogens is 5. The highest BCUT2D eigenvalue weighted by Gasteiger charge is 2.16. The van der Waals surface area contributed by atoms with Crippen LogP contribution in [0.25, 0.3) is 5.13 Å². The van der Waals surface area contributed by atoms with Gasteiger partial charge in [-0.3, -0.25) is 9.47 Å². The number of hydrogen-bond donors (Lipinski definition) is 0. The van der Waals surface area contributed by atoms with Crippen molar-refractivity contribution in [3.8, 4) is 5.13 Å². The Hall–Kier alpha value is -1.99. The van der Waals surface area contributed by atoms with Crippen molar-refractivity contribution in [3.05, 3.63) is 47.8 Å². The van der Waals surface area contributed by atoms with Gasteiger partial charge in [-0.2, -0.15) is 0 Å². The van der Waals surface area contributed by atoms with Gasteiger partial charge >= 0.3 is 0 Å². The van der Waals surface area contributed by atoms with E-state index in [4.69, 9.17) is 0 Å². The minimum absolute atomic E-state index is 0.935. The number of hydrogen-bond acceptors (Lipinski definition) is 5. The van der Waals surface area contributed by atoms with Crippen LogP contribution in [0.15, 0.2) is 36.2 Å². The van der Waals surface area contributed by atoms with Crippen molar-refractivity contribution in [1.82, 2.24) is 29.2 Å². The third-order valence-electron chi connectivity index (χ3n) is 3.85. The van der Waals surface area contributed by atoms with Gasteiger partial charge < -0.3 is 4.57 Å². The van der Waals surface area contributed by atoms with Crippen molar-refractivity contribution < 1.29 is 0 Å². The second-order valence-corrected chi connectivity index (χ2v) is 6.02. The summed E-state index contributed by atoms with van der Waals surface area (Å²) in [5, 5.41) is 11.2. The Labute approximate surface area is 126 Å². The van der Waals surface area contributed by atoms with Crippen molar-refractivity contribution in [2.75, 3.05) is 13.1 Å². The van der Waals surface area contributed by atoms with Crippen molar-refractivity contribution in [1.29, 1.82) is 0 Å². The molecule has 0 saturated carbocycles. The summed E-state index contributed by atoms with van der Waals surface area (Å²) in [6.07, 6.45) is 6.72. The lowest BCUT2D eigenvalue weighted by atomic mass is 10.3. The van der Waals surface area contributed by atoms with Crippen LogP contribution in [0.4, 0.5) is 0 Å². The molecule has 0 radical (unpaired) electrons. The quantitative estimate of drug-likeness (QED) is 0.737. The molecule has 3 aromatic rings. The smallest absolute Gasteiger partial charge is 0.193 e. The molecule has 0 aromatic carbocycles. The number of fused-ring (bicyclic) bond motifs is 1. The maximum atomic E-state index is 4.40. The van der Waals surface area contributed by atoms with E-state index in [1.807, 2.05) is 17.9 Å². The third-order valence-corrected chi connectivity index (χ3v) is 4.62. The normalized spacial score (nSPS) is 15.8. The first-order chi connectivity index (χ1) is 10.4. The molecular formula is C14H16N6S. The summed E-state index contributed by atoms with van der Waals surface area (Å²) in [6.45, 7) is 3.93. The largest absolute Gasteiger partial charge is 0.316 e. The Morgan fingerprint density at radius 1 is 1.24 bits per heavy atom. The van der Waals surface area contributed by atoms with Gasteiger partial charge in [0.2, 0.25) is 0 Å². The van der Waals surface area contributed by atoms with Gasteiger partial charge in [0.1, 0.15) is 12.2 Å². The SMILES string of the molecule is c1cc(CN2CCc3nncn3CC2)n(-c2nccs2)c1. The van der Waals surface area contributed by atoms with Crippen LogP contribution < -0.4 is 0 Å². The minimum atomic E-state index is 0.935. The Bertz CT molecular complexity index is 691. The highest BCUT2D eigenvalue weighted by atomic mass is 32.1. The lowest BCUT2D eigenvalue weighted by Gasteiger charge is -2.20. The van der Waals surface area contributed by atoms with Crippen LogP contribution in [0.3, 0.4) is 0 Å². The first-order valence-corrected chi connectivity index (χ1v) is 7.93. The van der Waals surface area contributed by atoms with E-state index in [-0.39, 0.29) is 0 Å². The van der Waals surface area contributed by atoms with E-state index >= 15 is 0 Å². The van der Waals surface area contributed by atoms with Crippen molar-refractivity contribution in [2.24, 2.45) is 0 Å². The van der Waals surface area contributed by atoms with Crippen LogP contribution in [-0.4, -0.2) is 42.3 Å². The lowest BCUT2D eigenvalue weighted by Crippen LogP contribution is -2.27. The van der Waals surface area contributed by atoms with E-state index in [9.17, 15) is 0 Å². The zero-order valence-electron chi connectivity index (χ0n) is 11.6. The van der Waals surface area contributed by atoms with Crippen LogP contribution in [0.5, 0.6) is 0 Å². The van der Waals surface area contributed by atoms with Crippen LogP contribution in [0, 0.1) is 0 Å². The number of thiazole rings is 1. The van der Waals surface area contributed by atoms with Gasteiger partial charge in [0.05, 0.1) is 0 Å². The van der Waals surface area contributed by atoms with Gasteiger partial charge in [-0.05, 0) is 12.1 Å². The highest BCUT2D eigenvalue weighted by molar-refractivity contribution is 7.12. The summed E-state index contributed by atoms with van der Waals surface area (Å²) >= 11 is 1.66. The van der Waals surface area contributed by atoms with Crippen LogP contribution in [0.2, 0.25) is 0 Å². The molecule has 0 spiro atoms. The molecular weight excluding hydrogens is 284 g/mol. The van der Waals surface area contributed by atoms with Gasteiger partial charge in [-0.1, -0.05) is 0 Å². The average Bonchev–Trinajstić information content (AvgIpc) is 3.21. The van der Waals surface area contributed by atoms with E-state index in [1.54, 1.807) is 11.3 Å². The maximum Gasteiger partial charge on any atom is 0.193 e. The van der Waals surface area contributed by atoms with Gasteiger partial charge in [0.25, 0.3) is 0 Å². The fourth-order valence-electron chi connectivity index (χ4n) is 2.73. The summed E-state index contributed by atoms with van der Waals surface area (Å²) in [6, 6.07) is 4.26. The van der Waals surface area contributed by atoms with Crippen molar-refractivity contribution in [3.63, 3.8) is 0 Å². The lowest BCUT2D eigenvalue weighted by molar-refractivity contribution is 0.266. The third kappa shape index (κ3) is 2.50. The molecule has 0 amide bonds. The zero-order valence-corrected chi connectivity index (χ0v) is 12.4. The molecule has 1 aliphatic heterocycles. The predicted octanol–water partition coefficient (Wildman–Crippen LogP) is 1.58. The van der Waals surface area contributed by atoms with Gasteiger partial charge in [0, 0.05) is 56.1 Å². The van der Waals surface area contributed by atoms with E-state index in [2.05, 4.69) is 47.5 Å². The summed E-state index contributed by atoms with van der Waals surface area (Å²) in [4.78, 5) is 6.86. The molecule has 21 heavy (non-hydrogen) atoms. The van der Waals surface area contributed by atoms with Crippen LogP contribution >= 0.6 is 11.3 Å². The standard InChI is InChI=1S/C14H16N6S/c1-2-12(20(5-1)14-15-4-9-21-14)10-18-6-3-13-17-16-11-19(13)8-7-18/h1-2,4-5,9,11H,3,6-8,10H2. The second-order valence-electron chi connectivity index (χ2n) is 5.15. The van der Waals surface area contributed by atoms with Gasteiger partial charge in [0.15, 0.2) is 5.13 Å². The number of rotatable bonds is 3. The molecule has 0 unspecified atom stereocenters. The molecule has 4 heterocycles. The molecule has 0 N–H and O–H groups in total. The molecule has 1 aliphatic rings. The molecule has 0 bridgehead atoms. The summed E-state index contributed by atoms with van der Waals surface area (Å²) in [5.41, 5.74) is 1.28. The van der Waals surface area contributed by atoms with E-state index in [1.165, 1.54) is 5.69 Å². The van der Waals surface area contributed by atoms with Crippen molar-refractivity contribution in [2.45, 2.75) is 19.5 Å². The number of nitrogens with zero attached hydrogens (tertiary/aromatic N) is 6. The van der Waals surface area contributed by atoms with Crippen LogP contribution in [-0.2, 0) is 19.5 Å². The van der Waals surface area contributed by atoms with Crippen LogP contribution in [0.1, 0.15) is 11.5 Å². The maximum absolute atomic E-state index is 4.40. The Morgan fingerprint density at radius 3 is 3.14 bits per heavy atom. The minimum Gasteiger partial charge on any atom is -0.316 e. The first-order valence-electron chi connectivity index (χ1n) is 7.05. The molecule has 7 heteroatoms.